The van der Waals surface area contributed by atoms with E-state index in [1.54, 1.807) is 23.3 Å². The monoisotopic (exact) mass is 526 g/mol. The van der Waals surface area contributed by atoms with Gasteiger partial charge in [0.15, 0.2) is 0 Å². The van der Waals surface area contributed by atoms with Crippen molar-refractivity contribution in [1.82, 2.24) is 8.95 Å². The molecule has 0 N–H and O–H groups in total. The molecule has 0 saturated heterocycles. The predicted octanol–water partition coefficient (Wildman–Crippen LogP) is 4.86. The van der Waals surface area contributed by atoms with Crippen molar-refractivity contribution in [3.63, 3.8) is 0 Å². The van der Waals surface area contributed by atoms with Crippen molar-refractivity contribution in [2.75, 3.05) is 0 Å². The van der Waals surface area contributed by atoms with Crippen LogP contribution in [0.1, 0.15) is 0 Å². The van der Waals surface area contributed by atoms with E-state index >= 15 is 0 Å². The quantitative estimate of drug-likeness (QED) is 0.374. The van der Waals surface area contributed by atoms with Crippen molar-refractivity contribution >= 4 is 61.9 Å². The summed E-state index contributed by atoms with van der Waals surface area (Å²) in [6.07, 6.45) is 13.2. The van der Waals surface area contributed by atoms with Crippen LogP contribution in [-0.2, 0) is 23.3 Å². The van der Waals surface area contributed by atoms with Crippen molar-refractivity contribution in [1.29, 1.82) is 0 Å². The summed E-state index contributed by atoms with van der Waals surface area (Å²) in [5, 5.41) is 0. The van der Waals surface area contributed by atoms with Crippen LogP contribution in [0.4, 0.5) is 0 Å². The fourth-order valence-corrected chi connectivity index (χ4v) is 6.41. The third-order valence-electron chi connectivity index (χ3n) is 3.70. The van der Waals surface area contributed by atoms with E-state index in [1.165, 1.54) is 0 Å². The van der Waals surface area contributed by atoms with Gasteiger partial charge in [-0.1, -0.05) is 52.9 Å². The summed E-state index contributed by atoms with van der Waals surface area (Å²) in [5.74, 6) is 0. The number of nitrogens with zero attached hydrogens (tertiary/aromatic N) is 2. The molecule has 0 aromatic carbocycles. The van der Waals surface area contributed by atoms with Gasteiger partial charge in [0.2, 0.25) is 0 Å². The molecule has 0 atom stereocenters. The van der Waals surface area contributed by atoms with Gasteiger partial charge in [0.05, 0.1) is 0 Å². The Bertz CT molecular complexity index is 370. The summed E-state index contributed by atoms with van der Waals surface area (Å²) in [4.78, 5) is 0. The first-order chi connectivity index (χ1) is 10.0. The fraction of sp³-hybridized carbons (Fsp3) is 0.500. The van der Waals surface area contributed by atoms with Gasteiger partial charge < -0.3 is 23.8 Å². The molecule has 0 aromatic rings. The predicted molar refractivity (Wildman–Crippen MR) is 136 cm³/mol. The minimum atomic E-state index is -1.07. The summed E-state index contributed by atoms with van der Waals surface area (Å²) in [6, 6.07) is 0. The van der Waals surface area contributed by atoms with Crippen molar-refractivity contribution in [2.45, 2.75) is 52.9 Å². The Labute approximate surface area is 197 Å². The third kappa shape index (κ3) is 13.3. The third-order valence-corrected chi connectivity index (χ3v) is 7.91. The van der Waals surface area contributed by atoms with Crippen LogP contribution in [0.5, 0.6) is 0 Å². The Morgan fingerprint density at radius 1 is 0.731 bits per heavy atom. The van der Waals surface area contributed by atoms with Gasteiger partial charge in [-0.05, 0) is 0 Å². The average molecular weight is 529 g/mol. The van der Waals surface area contributed by atoms with E-state index in [0.29, 0.717) is 13.7 Å². The first-order valence-electron chi connectivity index (χ1n) is 7.99. The molecule has 0 saturated carbocycles. The van der Waals surface area contributed by atoms with Crippen LogP contribution < -0.4 is 0 Å². The van der Waals surface area contributed by atoms with Crippen LogP contribution in [0, 0.1) is 27.5 Å². The summed E-state index contributed by atoms with van der Waals surface area (Å²) < 4.78 is 4.99. The Balaban J connectivity index is -0.0000000904. The normalized spacial score (nSPS) is 14.0. The molecule has 0 radical (unpaired) electrons. The molecule has 0 bridgehead atoms. The molecular formula is C16H40B2Cl2N2Si3Zr-4. The molecule has 26 heavy (non-hydrogen) atoms. The Hall–Kier alpha value is 1.06. The molecule has 0 spiro atoms. The van der Waals surface area contributed by atoms with E-state index in [9.17, 15) is 0 Å². The molecule has 0 amide bonds. The van der Waals surface area contributed by atoms with E-state index < -0.39 is 16.5 Å². The molecule has 0 fully saturated rings. The van der Waals surface area contributed by atoms with Crippen molar-refractivity contribution in [3.8, 4) is 0 Å². The number of hydrogen-bond acceptors (Lipinski definition) is 2. The fourth-order valence-electron chi connectivity index (χ4n) is 2.73. The molecule has 2 heterocycles. The number of rotatable bonds is 2. The number of halogens is 2. The van der Waals surface area contributed by atoms with Gasteiger partial charge in [0.1, 0.15) is 30.2 Å². The SMILES string of the molecule is CB1[CH-]C=CN1[Si](C)(C)C.CB1[CH-]C=CN1[Si](C)(C)C.Cl.Cl.[CH3-].[CH3-].[SiH2]=[Zr]. The minimum absolute atomic E-state index is 0. The topological polar surface area (TPSA) is 6.48 Å². The first kappa shape index (κ1) is 37.8. The summed E-state index contributed by atoms with van der Waals surface area (Å²) in [6.45, 7) is 21.9. The van der Waals surface area contributed by atoms with Gasteiger partial charge in [-0.15, -0.1) is 24.8 Å². The molecule has 154 valence electrons. The van der Waals surface area contributed by atoms with Crippen molar-refractivity contribution < 1.29 is 23.3 Å². The number of hydrogen-bond donors (Lipinski definition) is 0. The maximum absolute atomic E-state index is 2.49. The average Bonchev–Trinajstić information content (AvgIpc) is 2.99. The van der Waals surface area contributed by atoms with E-state index in [-0.39, 0.29) is 39.7 Å². The standard InChI is InChI=1S/2C7H15BNSi.2CH3.2ClH.H2Si.Zr/c2*1-8-6-5-7-9(8)10(2,3)4;;;;;;/h2*5-7H,1-4H3;2*1H3;2*1H;1H2;/q4*-1;;;;. The van der Waals surface area contributed by atoms with E-state index in [2.05, 4.69) is 99.1 Å². The second kappa shape index (κ2) is 17.0. The molecule has 0 unspecified atom stereocenters. The Morgan fingerprint density at radius 2 is 0.962 bits per heavy atom. The summed E-state index contributed by atoms with van der Waals surface area (Å²) >= 11 is 1.58. The van der Waals surface area contributed by atoms with Gasteiger partial charge in [-0.2, -0.15) is 12.4 Å². The zero-order chi connectivity index (χ0) is 17.6. The van der Waals surface area contributed by atoms with E-state index in [0.717, 1.165) is 0 Å². The van der Waals surface area contributed by atoms with Gasteiger partial charge in [0, 0.05) is 0 Å². The van der Waals surface area contributed by atoms with Gasteiger partial charge in [0.25, 0.3) is 0 Å². The second-order valence-electron chi connectivity index (χ2n) is 7.71. The van der Waals surface area contributed by atoms with Crippen LogP contribution >= 0.6 is 24.8 Å². The zero-order valence-electron chi connectivity index (χ0n) is 18.5. The molecule has 2 nitrogen and oxygen atoms in total. The summed E-state index contributed by atoms with van der Waals surface area (Å²) in [7, 11) is -2.14. The zero-order valence-corrected chi connectivity index (χ0v) is 26.0. The Morgan fingerprint density at radius 3 is 1.04 bits per heavy atom. The molecule has 0 aliphatic carbocycles. The van der Waals surface area contributed by atoms with Gasteiger partial charge in [-0.3, -0.25) is 0 Å². The molecular weight excluding hydrogens is 488 g/mol. The Kier molecular flexibility index (Phi) is 24.6. The molecule has 2 aliphatic heterocycles. The molecule has 0 aromatic heterocycles. The molecule has 2 aliphatic rings. The molecule has 10 heteroatoms. The van der Waals surface area contributed by atoms with E-state index in [4.69, 9.17) is 0 Å². The van der Waals surface area contributed by atoms with Gasteiger partial charge in [-0.25, -0.2) is 24.8 Å². The van der Waals surface area contributed by atoms with Crippen LogP contribution in [0.15, 0.2) is 24.6 Å². The second-order valence-corrected chi connectivity index (χ2v) is 17.4. The maximum atomic E-state index is 2.49. The van der Waals surface area contributed by atoms with Crippen molar-refractivity contribution in [3.05, 3.63) is 52.0 Å². The number of allylic oxidation sites excluding steroid dienone is 2. The van der Waals surface area contributed by atoms with Crippen LogP contribution in [0.25, 0.3) is 0 Å². The van der Waals surface area contributed by atoms with Crippen LogP contribution in [-0.4, -0.2) is 46.0 Å². The molecule has 2 rings (SSSR count). The van der Waals surface area contributed by atoms with Crippen molar-refractivity contribution in [2.24, 2.45) is 0 Å². The van der Waals surface area contributed by atoms with Crippen LogP contribution in [0.2, 0.25) is 52.9 Å². The first-order valence-corrected chi connectivity index (χ1v) is 20.8. The van der Waals surface area contributed by atoms with E-state index in [1.807, 2.05) is 6.88 Å². The van der Waals surface area contributed by atoms with Crippen LogP contribution in [0.3, 0.4) is 0 Å². The van der Waals surface area contributed by atoms with Gasteiger partial charge >= 0.3 is 30.2 Å². The summed E-state index contributed by atoms with van der Waals surface area (Å²) in [5.41, 5.74) is 0.